The maximum absolute atomic E-state index is 12.3. The van der Waals surface area contributed by atoms with Gasteiger partial charge in [-0.2, -0.15) is 5.10 Å². The summed E-state index contributed by atoms with van der Waals surface area (Å²) in [6.07, 6.45) is 0. The van der Waals surface area contributed by atoms with Gasteiger partial charge in [0.05, 0.1) is 43.3 Å². The van der Waals surface area contributed by atoms with E-state index in [-0.39, 0.29) is 17.9 Å². The van der Waals surface area contributed by atoms with Crippen molar-refractivity contribution in [2.24, 2.45) is 5.10 Å². The lowest BCUT2D eigenvalue weighted by Crippen LogP contribution is -2.28. The molecule has 0 unspecified atom stereocenters. The Hall–Kier alpha value is -2.44. The summed E-state index contributed by atoms with van der Waals surface area (Å²) < 4.78 is 16.4. The fourth-order valence-corrected chi connectivity index (χ4v) is 3.97. The smallest absolute Gasteiger partial charge is 0.240 e. The largest absolute Gasteiger partial charge is 0.493 e. The van der Waals surface area contributed by atoms with Gasteiger partial charge in [0, 0.05) is 12.6 Å². The number of carbonyl (C=O) groups excluding carboxylic acids is 1. The van der Waals surface area contributed by atoms with Crippen LogP contribution >= 0.6 is 23.2 Å². The number of hydrogen-bond acceptors (Lipinski definition) is 5. The average Bonchev–Trinajstić information content (AvgIpc) is 3.06. The highest BCUT2D eigenvalue weighted by Crippen LogP contribution is 2.47. The molecule has 29 heavy (non-hydrogen) atoms. The molecule has 2 aromatic carbocycles. The minimum absolute atomic E-state index is 0.171. The van der Waals surface area contributed by atoms with Crippen LogP contribution in [0.5, 0.6) is 17.2 Å². The first-order chi connectivity index (χ1) is 13.8. The van der Waals surface area contributed by atoms with Crippen molar-refractivity contribution in [2.45, 2.75) is 25.8 Å². The number of hydrogen-bond donors (Lipinski definition) is 0. The second-order valence-corrected chi connectivity index (χ2v) is 7.47. The molecule has 2 aromatic rings. The fourth-order valence-electron chi connectivity index (χ4n) is 3.66. The molecule has 0 saturated carbocycles. The number of benzene rings is 2. The molecule has 0 radical (unpaired) electrons. The minimum Gasteiger partial charge on any atom is -0.493 e. The van der Waals surface area contributed by atoms with Crippen molar-refractivity contribution in [1.82, 2.24) is 5.01 Å². The standard InChI is InChI=1S/C21H22Cl2N2O4/c1-11-19(14-9-17(27-3)21(29-5)18(10-14)28-4)20(25(24-11)12(2)26)13-6-7-15(22)16(23)8-13/h6-10,19-20H,1-5H3/t19-,20-/m0/s1. The van der Waals surface area contributed by atoms with Crippen molar-refractivity contribution in [3.05, 3.63) is 51.5 Å². The molecule has 1 heterocycles. The summed E-state index contributed by atoms with van der Waals surface area (Å²) in [5.41, 5.74) is 2.49. The number of carbonyl (C=O) groups is 1. The van der Waals surface area contributed by atoms with Gasteiger partial charge >= 0.3 is 0 Å². The van der Waals surface area contributed by atoms with Gasteiger partial charge < -0.3 is 14.2 Å². The zero-order chi connectivity index (χ0) is 21.3. The molecule has 0 bridgehead atoms. The van der Waals surface area contributed by atoms with E-state index in [4.69, 9.17) is 37.4 Å². The molecule has 2 atom stereocenters. The summed E-state index contributed by atoms with van der Waals surface area (Å²) in [7, 11) is 4.68. The van der Waals surface area contributed by atoms with Gasteiger partial charge in [0.2, 0.25) is 11.7 Å². The predicted octanol–water partition coefficient (Wildman–Crippen LogP) is 5.08. The van der Waals surface area contributed by atoms with Gasteiger partial charge in [-0.05, 0) is 42.3 Å². The molecule has 3 rings (SSSR count). The van der Waals surface area contributed by atoms with E-state index in [1.165, 1.54) is 11.9 Å². The van der Waals surface area contributed by atoms with Crippen LogP contribution in [-0.2, 0) is 4.79 Å². The van der Waals surface area contributed by atoms with E-state index in [0.29, 0.717) is 27.3 Å². The Kier molecular flexibility index (Phi) is 6.24. The van der Waals surface area contributed by atoms with Gasteiger partial charge in [0.25, 0.3) is 0 Å². The van der Waals surface area contributed by atoms with E-state index < -0.39 is 0 Å². The lowest BCUT2D eigenvalue weighted by molar-refractivity contribution is -0.130. The van der Waals surface area contributed by atoms with Crippen LogP contribution in [-0.4, -0.2) is 38.0 Å². The third-order valence-electron chi connectivity index (χ3n) is 4.95. The fraction of sp³-hybridized carbons (Fsp3) is 0.333. The first-order valence-corrected chi connectivity index (χ1v) is 9.67. The first-order valence-electron chi connectivity index (χ1n) is 8.92. The van der Waals surface area contributed by atoms with Gasteiger partial charge in [-0.25, -0.2) is 5.01 Å². The SMILES string of the molecule is COc1cc([C@@H]2C(C)=NN(C(C)=O)[C@H]2c2ccc(Cl)c(Cl)c2)cc(OC)c1OC. The third kappa shape index (κ3) is 3.87. The summed E-state index contributed by atoms with van der Waals surface area (Å²) in [5, 5.41) is 6.86. The maximum Gasteiger partial charge on any atom is 0.240 e. The third-order valence-corrected chi connectivity index (χ3v) is 5.69. The first kappa shape index (κ1) is 21.3. The Labute approximate surface area is 180 Å². The topological polar surface area (TPSA) is 60.4 Å². The van der Waals surface area contributed by atoms with Crippen LogP contribution in [0.15, 0.2) is 35.4 Å². The van der Waals surface area contributed by atoms with Gasteiger partial charge in [-0.3, -0.25) is 4.79 Å². The molecule has 6 nitrogen and oxygen atoms in total. The quantitative estimate of drug-likeness (QED) is 0.655. The highest BCUT2D eigenvalue weighted by molar-refractivity contribution is 6.42. The monoisotopic (exact) mass is 436 g/mol. The van der Waals surface area contributed by atoms with Crippen molar-refractivity contribution in [3.63, 3.8) is 0 Å². The van der Waals surface area contributed by atoms with E-state index in [1.807, 2.05) is 25.1 Å². The lowest BCUT2D eigenvalue weighted by Gasteiger charge is -2.27. The Balaban J connectivity index is 2.18. The van der Waals surface area contributed by atoms with Gasteiger partial charge in [-0.15, -0.1) is 0 Å². The van der Waals surface area contributed by atoms with Crippen LogP contribution in [0.2, 0.25) is 10.0 Å². The van der Waals surface area contributed by atoms with Crippen LogP contribution in [0.4, 0.5) is 0 Å². The van der Waals surface area contributed by atoms with Gasteiger partial charge in [0.1, 0.15) is 0 Å². The average molecular weight is 437 g/mol. The van der Waals surface area contributed by atoms with Crippen molar-refractivity contribution in [3.8, 4) is 17.2 Å². The second-order valence-electron chi connectivity index (χ2n) is 6.66. The van der Waals surface area contributed by atoms with Crippen molar-refractivity contribution >= 4 is 34.8 Å². The Morgan fingerprint density at radius 3 is 2.07 bits per heavy atom. The highest BCUT2D eigenvalue weighted by atomic mass is 35.5. The summed E-state index contributed by atoms with van der Waals surface area (Å²) in [6, 6.07) is 8.71. The molecule has 0 saturated heterocycles. The number of halogens is 2. The molecular formula is C21H22Cl2N2O4. The molecule has 0 spiro atoms. The van der Waals surface area contributed by atoms with Gasteiger partial charge in [-0.1, -0.05) is 29.3 Å². The molecular weight excluding hydrogens is 415 g/mol. The Morgan fingerprint density at radius 2 is 1.59 bits per heavy atom. The zero-order valence-corrected chi connectivity index (χ0v) is 18.3. The summed E-state index contributed by atoms with van der Waals surface area (Å²) in [6.45, 7) is 3.38. The number of hydrazone groups is 1. The highest BCUT2D eigenvalue weighted by Gasteiger charge is 2.40. The summed E-state index contributed by atoms with van der Waals surface area (Å²) in [5.74, 6) is 1.16. The molecule has 154 valence electrons. The number of methoxy groups -OCH3 is 3. The molecule has 1 amide bonds. The molecule has 1 aliphatic heterocycles. The van der Waals surface area contributed by atoms with Crippen molar-refractivity contribution in [2.75, 3.05) is 21.3 Å². The minimum atomic E-state index is -0.384. The number of nitrogens with zero attached hydrogens (tertiary/aromatic N) is 2. The second kappa shape index (κ2) is 8.51. The van der Waals surface area contributed by atoms with Crippen LogP contribution in [0.25, 0.3) is 0 Å². The molecule has 0 aromatic heterocycles. The normalized spacial score (nSPS) is 18.4. The van der Waals surface area contributed by atoms with Crippen LogP contribution in [0, 0.1) is 0 Å². The van der Waals surface area contributed by atoms with Gasteiger partial charge in [0.15, 0.2) is 11.5 Å². The molecule has 8 heteroatoms. The Morgan fingerprint density at radius 1 is 0.966 bits per heavy atom. The zero-order valence-electron chi connectivity index (χ0n) is 16.8. The number of amides is 1. The number of rotatable bonds is 5. The van der Waals surface area contributed by atoms with E-state index >= 15 is 0 Å². The molecule has 0 fully saturated rings. The van der Waals surface area contributed by atoms with Crippen molar-refractivity contribution in [1.29, 1.82) is 0 Å². The molecule has 0 N–H and O–H groups in total. The Bertz CT molecular complexity index is 952. The van der Waals surface area contributed by atoms with E-state index in [1.54, 1.807) is 33.5 Å². The van der Waals surface area contributed by atoms with Crippen LogP contribution in [0.3, 0.4) is 0 Å². The lowest BCUT2D eigenvalue weighted by atomic mass is 9.84. The van der Waals surface area contributed by atoms with Crippen LogP contribution < -0.4 is 14.2 Å². The van der Waals surface area contributed by atoms with E-state index in [2.05, 4.69) is 5.10 Å². The molecule has 0 aliphatic carbocycles. The number of ether oxygens (including phenoxy) is 3. The summed E-state index contributed by atoms with van der Waals surface area (Å²) >= 11 is 12.3. The molecule has 1 aliphatic rings. The summed E-state index contributed by atoms with van der Waals surface area (Å²) in [4.78, 5) is 12.3. The van der Waals surface area contributed by atoms with Crippen LogP contribution in [0.1, 0.15) is 36.9 Å². The maximum atomic E-state index is 12.3. The van der Waals surface area contributed by atoms with Crippen molar-refractivity contribution < 1.29 is 19.0 Å². The van der Waals surface area contributed by atoms with E-state index in [0.717, 1.165) is 16.8 Å². The van der Waals surface area contributed by atoms with E-state index in [9.17, 15) is 4.79 Å². The predicted molar refractivity (Wildman–Crippen MR) is 114 cm³/mol.